The Morgan fingerprint density at radius 3 is 2.40 bits per heavy atom. The first-order chi connectivity index (χ1) is 9.37. The molecule has 1 saturated heterocycles. The highest BCUT2D eigenvalue weighted by molar-refractivity contribution is 7.89. The van der Waals surface area contributed by atoms with E-state index >= 15 is 0 Å². The molecule has 0 aliphatic carbocycles. The van der Waals surface area contributed by atoms with Gasteiger partial charge in [0.2, 0.25) is 10.0 Å². The van der Waals surface area contributed by atoms with Crippen LogP contribution in [0.5, 0.6) is 5.75 Å². The van der Waals surface area contributed by atoms with E-state index in [9.17, 15) is 8.42 Å². The SMILES string of the molecule is COc1cc(C)c(S(=O)(=O)N2CCCOC2C)c(C)c1. The van der Waals surface area contributed by atoms with Gasteiger partial charge < -0.3 is 9.47 Å². The van der Waals surface area contributed by atoms with Gasteiger partial charge in [0, 0.05) is 13.2 Å². The zero-order valence-electron chi connectivity index (χ0n) is 12.3. The van der Waals surface area contributed by atoms with Crippen LogP contribution in [-0.4, -0.2) is 39.2 Å². The lowest BCUT2D eigenvalue weighted by atomic mass is 10.1. The molecule has 2 rings (SSSR count). The van der Waals surface area contributed by atoms with Gasteiger partial charge in [-0.05, 0) is 50.5 Å². The molecule has 112 valence electrons. The molecule has 0 saturated carbocycles. The molecule has 0 radical (unpaired) electrons. The molecule has 0 spiro atoms. The maximum Gasteiger partial charge on any atom is 0.245 e. The largest absolute Gasteiger partial charge is 0.497 e. The average molecular weight is 299 g/mol. The van der Waals surface area contributed by atoms with Crippen LogP contribution in [0.2, 0.25) is 0 Å². The predicted molar refractivity (Wildman–Crippen MR) is 76.4 cm³/mol. The Balaban J connectivity index is 2.49. The molecule has 1 atom stereocenters. The van der Waals surface area contributed by atoms with Crippen LogP contribution >= 0.6 is 0 Å². The van der Waals surface area contributed by atoms with Crippen molar-refractivity contribution in [3.63, 3.8) is 0 Å². The van der Waals surface area contributed by atoms with E-state index < -0.39 is 16.3 Å². The van der Waals surface area contributed by atoms with Crippen LogP contribution in [0.15, 0.2) is 17.0 Å². The molecule has 20 heavy (non-hydrogen) atoms. The Bertz CT molecular complexity index is 574. The van der Waals surface area contributed by atoms with Gasteiger partial charge in [0.05, 0.1) is 12.0 Å². The molecule has 1 aliphatic rings. The standard InChI is InChI=1S/C14H21NO4S/c1-10-8-13(18-4)9-11(2)14(10)20(16,17)15-6-5-7-19-12(15)3/h8-9,12H,5-7H2,1-4H3. The summed E-state index contributed by atoms with van der Waals surface area (Å²) >= 11 is 0. The second-order valence-electron chi connectivity index (χ2n) is 5.03. The van der Waals surface area contributed by atoms with Crippen molar-refractivity contribution in [2.24, 2.45) is 0 Å². The third-order valence-electron chi connectivity index (χ3n) is 3.52. The maximum atomic E-state index is 12.8. The number of ether oxygens (including phenoxy) is 2. The summed E-state index contributed by atoms with van der Waals surface area (Å²) in [6, 6.07) is 3.49. The number of benzene rings is 1. The van der Waals surface area contributed by atoms with Crippen LogP contribution in [-0.2, 0) is 14.8 Å². The van der Waals surface area contributed by atoms with E-state index in [0.717, 1.165) is 6.42 Å². The van der Waals surface area contributed by atoms with E-state index in [1.165, 1.54) is 4.31 Å². The number of methoxy groups -OCH3 is 1. The van der Waals surface area contributed by atoms with Gasteiger partial charge in [0.1, 0.15) is 12.0 Å². The maximum absolute atomic E-state index is 12.8. The van der Waals surface area contributed by atoms with Crippen molar-refractivity contribution in [1.29, 1.82) is 0 Å². The third kappa shape index (κ3) is 2.68. The van der Waals surface area contributed by atoms with Crippen molar-refractivity contribution in [2.45, 2.75) is 38.3 Å². The van der Waals surface area contributed by atoms with Crippen LogP contribution in [0.4, 0.5) is 0 Å². The van der Waals surface area contributed by atoms with E-state index in [1.807, 2.05) is 0 Å². The first kappa shape index (κ1) is 15.3. The predicted octanol–water partition coefficient (Wildman–Crippen LogP) is 2.07. The van der Waals surface area contributed by atoms with E-state index in [4.69, 9.17) is 9.47 Å². The minimum absolute atomic E-state index is 0.357. The van der Waals surface area contributed by atoms with Gasteiger partial charge in [-0.2, -0.15) is 4.31 Å². The van der Waals surface area contributed by atoms with Gasteiger partial charge in [-0.25, -0.2) is 8.42 Å². The monoisotopic (exact) mass is 299 g/mol. The Kier molecular flexibility index (Phi) is 4.36. The summed E-state index contributed by atoms with van der Waals surface area (Å²) in [4.78, 5) is 0.357. The van der Waals surface area contributed by atoms with Crippen molar-refractivity contribution < 1.29 is 17.9 Å². The normalized spacial score (nSPS) is 20.9. The molecule has 0 aromatic heterocycles. The minimum atomic E-state index is -3.54. The van der Waals surface area contributed by atoms with Crippen molar-refractivity contribution >= 4 is 10.0 Å². The van der Waals surface area contributed by atoms with Crippen molar-refractivity contribution in [2.75, 3.05) is 20.3 Å². The fourth-order valence-electron chi connectivity index (χ4n) is 2.61. The summed E-state index contributed by atoms with van der Waals surface area (Å²) in [6.07, 6.45) is 0.298. The van der Waals surface area contributed by atoms with E-state index in [2.05, 4.69) is 0 Å². The van der Waals surface area contributed by atoms with Crippen molar-refractivity contribution in [1.82, 2.24) is 4.31 Å². The Labute approximate surface area is 120 Å². The van der Waals surface area contributed by atoms with Crippen molar-refractivity contribution in [3.05, 3.63) is 23.3 Å². The van der Waals surface area contributed by atoms with Gasteiger partial charge in [-0.3, -0.25) is 0 Å². The number of nitrogens with zero attached hydrogens (tertiary/aromatic N) is 1. The van der Waals surface area contributed by atoms with Gasteiger partial charge >= 0.3 is 0 Å². The summed E-state index contributed by atoms with van der Waals surface area (Å²) in [7, 11) is -1.97. The van der Waals surface area contributed by atoms with Crippen LogP contribution in [0.3, 0.4) is 0 Å². The van der Waals surface area contributed by atoms with Crippen LogP contribution in [0, 0.1) is 13.8 Å². The fraction of sp³-hybridized carbons (Fsp3) is 0.571. The zero-order chi connectivity index (χ0) is 14.9. The molecule has 1 fully saturated rings. The molecule has 1 aliphatic heterocycles. The van der Waals surface area contributed by atoms with Crippen molar-refractivity contribution in [3.8, 4) is 5.75 Å². The molecule has 6 heteroatoms. The number of hydrogen-bond acceptors (Lipinski definition) is 4. The summed E-state index contributed by atoms with van der Waals surface area (Å²) in [6.45, 7) is 6.45. The van der Waals surface area contributed by atoms with E-state index in [0.29, 0.717) is 34.9 Å². The highest BCUT2D eigenvalue weighted by Gasteiger charge is 2.33. The molecule has 1 aromatic carbocycles. The highest BCUT2D eigenvalue weighted by atomic mass is 32.2. The molecule has 1 unspecified atom stereocenters. The second-order valence-corrected chi connectivity index (χ2v) is 6.86. The molecule has 0 N–H and O–H groups in total. The Morgan fingerprint density at radius 2 is 1.90 bits per heavy atom. The molecule has 0 bridgehead atoms. The van der Waals surface area contributed by atoms with Gasteiger partial charge in [0.15, 0.2) is 0 Å². The lowest BCUT2D eigenvalue weighted by Crippen LogP contribution is -2.45. The molecule has 1 heterocycles. The van der Waals surface area contributed by atoms with Gasteiger partial charge in [0.25, 0.3) is 0 Å². The summed E-state index contributed by atoms with van der Waals surface area (Å²) in [5.74, 6) is 0.668. The Morgan fingerprint density at radius 1 is 1.30 bits per heavy atom. The molecule has 5 nitrogen and oxygen atoms in total. The zero-order valence-corrected chi connectivity index (χ0v) is 13.2. The lowest BCUT2D eigenvalue weighted by molar-refractivity contribution is -0.0410. The Hall–Kier alpha value is -1.11. The van der Waals surface area contributed by atoms with Gasteiger partial charge in [-0.1, -0.05) is 0 Å². The van der Waals surface area contributed by atoms with E-state index in [-0.39, 0.29) is 0 Å². The highest BCUT2D eigenvalue weighted by Crippen LogP contribution is 2.30. The number of sulfonamides is 1. The number of hydrogen-bond donors (Lipinski definition) is 0. The fourth-order valence-corrected chi connectivity index (χ4v) is 4.59. The summed E-state index contributed by atoms with van der Waals surface area (Å²) < 4.78 is 37.7. The van der Waals surface area contributed by atoms with Crippen LogP contribution in [0.1, 0.15) is 24.5 Å². The summed E-state index contributed by atoms with van der Waals surface area (Å²) in [5.41, 5.74) is 1.39. The molecular formula is C14H21NO4S. The molecular weight excluding hydrogens is 278 g/mol. The smallest absolute Gasteiger partial charge is 0.245 e. The number of aryl methyl sites for hydroxylation is 2. The van der Waals surface area contributed by atoms with Crippen LogP contribution in [0.25, 0.3) is 0 Å². The first-order valence-electron chi connectivity index (χ1n) is 6.66. The second kappa shape index (κ2) is 5.71. The quantitative estimate of drug-likeness (QED) is 0.857. The van der Waals surface area contributed by atoms with Crippen LogP contribution < -0.4 is 4.74 Å². The topological polar surface area (TPSA) is 55.8 Å². The van der Waals surface area contributed by atoms with Gasteiger partial charge in [-0.15, -0.1) is 0 Å². The summed E-state index contributed by atoms with van der Waals surface area (Å²) in [5, 5.41) is 0. The first-order valence-corrected chi connectivity index (χ1v) is 8.10. The minimum Gasteiger partial charge on any atom is -0.497 e. The lowest BCUT2D eigenvalue weighted by Gasteiger charge is -2.33. The molecule has 1 aromatic rings. The number of rotatable bonds is 3. The average Bonchev–Trinajstić information content (AvgIpc) is 2.37. The molecule has 0 amide bonds. The van der Waals surface area contributed by atoms with E-state index in [1.54, 1.807) is 40.0 Å². The third-order valence-corrected chi connectivity index (χ3v) is 5.78.